The van der Waals surface area contributed by atoms with E-state index in [4.69, 9.17) is 17.3 Å². The van der Waals surface area contributed by atoms with Crippen LogP contribution in [0.1, 0.15) is 12.5 Å². The summed E-state index contributed by atoms with van der Waals surface area (Å²) < 4.78 is 13.4. The first-order chi connectivity index (χ1) is 9.17. The van der Waals surface area contributed by atoms with Crippen LogP contribution in [-0.4, -0.2) is 6.54 Å². The molecule has 2 nitrogen and oxygen atoms in total. The molecule has 0 aliphatic heterocycles. The van der Waals surface area contributed by atoms with Gasteiger partial charge in [0.15, 0.2) is 0 Å². The summed E-state index contributed by atoms with van der Waals surface area (Å²) in [4.78, 5) is 1.97. The maximum atomic E-state index is 13.4. The van der Waals surface area contributed by atoms with Crippen LogP contribution in [0.25, 0.3) is 0 Å². The van der Waals surface area contributed by atoms with Crippen molar-refractivity contribution in [2.45, 2.75) is 13.5 Å². The molecule has 0 radical (unpaired) electrons. The first-order valence-corrected chi connectivity index (χ1v) is 6.55. The van der Waals surface area contributed by atoms with E-state index in [0.29, 0.717) is 18.1 Å². The molecule has 2 N–H and O–H groups in total. The van der Waals surface area contributed by atoms with Gasteiger partial charge in [-0.2, -0.15) is 0 Å². The number of anilines is 2. The summed E-state index contributed by atoms with van der Waals surface area (Å²) in [5.74, 6) is -0.266. The first-order valence-electron chi connectivity index (χ1n) is 6.18. The molecule has 100 valence electrons. The van der Waals surface area contributed by atoms with Crippen molar-refractivity contribution >= 4 is 23.0 Å². The van der Waals surface area contributed by atoms with Crippen molar-refractivity contribution < 1.29 is 4.39 Å². The van der Waals surface area contributed by atoms with Crippen LogP contribution in [-0.2, 0) is 6.54 Å². The fraction of sp³-hybridized carbons (Fsp3) is 0.200. The highest BCUT2D eigenvalue weighted by Crippen LogP contribution is 2.34. The molecule has 2 aromatic rings. The minimum absolute atomic E-state index is 0.266. The third-order valence-corrected chi connectivity index (χ3v) is 3.30. The van der Waals surface area contributed by atoms with Gasteiger partial charge in [-0.15, -0.1) is 0 Å². The van der Waals surface area contributed by atoms with Gasteiger partial charge in [0, 0.05) is 18.8 Å². The van der Waals surface area contributed by atoms with Gasteiger partial charge in [-0.3, -0.25) is 0 Å². The van der Waals surface area contributed by atoms with Crippen LogP contribution in [0.3, 0.4) is 0 Å². The van der Waals surface area contributed by atoms with E-state index in [0.717, 1.165) is 16.9 Å². The Bertz CT molecular complexity index is 572. The number of rotatable bonds is 4. The van der Waals surface area contributed by atoms with Crippen LogP contribution in [0.15, 0.2) is 42.5 Å². The Morgan fingerprint density at radius 3 is 2.58 bits per heavy atom. The molecule has 2 rings (SSSR count). The molecule has 0 fully saturated rings. The maximum Gasteiger partial charge on any atom is 0.125 e. The van der Waals surface area contributed by atoms with Gasteiger partial charge in [0.1, 0.15) is 5.82 Å². The summed E-state index contributed by atoms with van der Waals surface area (Å²) in [6.45, 7) is 3.07. The van der Waals surface area contributed by atoms with Gasteiger partial charge in [0.05, 0.1) is 10.7 Å². The van der Waals surface area contributed by atoms with Crippen LogP contribution in [0.5, 0.6) is 0 Å². The third-order valence-electron chi connectivity index (χ3n) is 3.00. The Balaban J connectivity index is 2.54. The zero-order valence-corrected chi connectivity index (χ0v) is 11.5. The standard InChI is InChI=1S/C15H16ClFN2/c1-2-19(13-7-4-6-12(17)9-13)15-11(10-18)5-3-8-14(15)16/h3-9H,2,10,18H2,1H3. The molecule has 0 saturated heterocycles. The second-order valence-electron chi connectivity index (χ2n) is 4.18. The minimum atomic E-state index is -0.266. The van der Waals surface area contributed by atoms with E-state index in [1.165, 1.54) is 12.1 Å². The maximum absolute atomic E-state index is 13.4. The fourth-order valence-electron chi connectivity index (χ4n) is 2.14. The molecule has 0 bridgehead atoms. The molecule has 0 heterocycles. The van der Waals surface area contributed by atoms with Crippen LogP contribution in [0.4, 0.5) is 15.8 Å². The topological polar surface area (TPSA) is 29.3 Å². The Morgan fingerprint density at radius 1 is 1.21 bits per heavy atom. The number of nitrogens with two attached hydrogens (primary N) is 1. The molecule has 4 heteroatoms. The van der Waals surface area contributed by atoms with Gasteiger partial charge in [-0.05, 0) is 36.8 Å². The normalized spacial score (nSPS) is 10.5. The number of nitrogens with zero attached hydrogens (tertiary/aromatic N) is 1. The van der Waals surface area contributed by atoms with Crippen LogP contribution >= 0.6 is 11.6 Å². The second-order valence-corrected chi connectivity index (χ2v) is 4.58. The molecule has 2 aromatic carbocycles. The van der Waals surface area contributed by atoms with Gasteiger partial charge < -0.3 is 10.6 Å². The van der Waals surface area contributed by atoms with Crippen LogP contribution in [0.2, 0.25) is 5.02 Å². The van der Waals surface area contributed by atoms with Crippen molar-refractivity contribution in [3.8, 4) is 0 Å². The summed E-state index contributed by atoms with van der Waals surface area (Å²) in [7, 11) is 0. The Morgan fingerprint density at radius 2 is 1.95 bits per heavy atom. The summed E-state index contributed by atoms with van der Waals surface area (Å²) in [6.07, 6.45) is 0. The van der Waals surface area contributed by atoms with Crippen molar-refractivity contribution in [3.63, 3.8) is 0 Å². The van der Waals surface area contributed by atoms with E-state index in [1.54, 1.807) is 6.07 Å². The summed E-state index contributed by atoms with van der Waals surface area (Å²) in [5, 5.41) is 0.620. The average Bonchev–Trinajstić information content (AvgIpc) is 2.41. The van der Waals surface area contributed by atoms with E-state index in [9.17, 15) is 4.39 Å². The van der Waals surface area contributed by atoms with Crippen LogP contribution in [0, 0.1) is 5.82 Å². The smallest absolute Gasteiger partial charge is 0.125 e. The van der Waals surface area contributed by atoms with E-state index in [1.807, 2.05) is 36.1 Å². The lowest BCUT2D eigenvalue weighted by Crippen LogP contribution is -2.19. The van der Waals surface area contributed by atoms with Gasteiger partial charge >= 0.3 is 0 Å². The minimum Gasteiger partial charge on any atom is -0.340 e. The molecule has 0 amide bonds. The predicted octanol–water partition coefficient (Wildman–Crippen LogP) is 4.10. The van der Waals surface area contributed by atoms with Crippen molar-refractivity contribution in [1.29, 1.82) is 0 Å². The lowest BCUT2D eigenvalue weighted by atomic mass is 10.1. The van der Waals surface area contributed by atoms with Crippen molar-refractivity contribution in [2.24, 2.45) is 5.73 Å². The van der Waals surface area contributed by atoms with E-state index in [2.05, 4.69) is 0 Å². The van der Waals surface area contributed by atoms with E-state index >= 15 is 0 Å². The Hall–Kier alpha value is -1.58. The molecule has 0 aliphatic carbocycles. The van der Waals surface area contributed by atoms with Crippen molar-refractivity contribution in [1.82, 2.24) is 0 Å². The number of halogens is 2. The predicted molar refractivity (Wildman–Crippen MR) is 78.4 cm³/mol. The summed E-state index contributed by atoms with van der Waals surface area (Å²) in [5.41, 5.74) is 8.32. The molecular formula is C15H16ClFN2. The quantitative estimate of drug-likeness (QED) is 0.912. The highest BCUT2D eigenvalue weighted by atomic mass is 35.5. The molecule has 0 aliphatic rings. The van der Waals surface area contributed by atoms with Crippen molar-refractivity contribution in [3.05, 3.63) is 58.9 Å². The monoisotopic (exact) mass is 278 g/mol. The lowest BCUT2D eigenvalue weighted by molar-refractivity contribution is 0.627. The molecule has 0 unspecified atom stereocenters. The van der Waals surface area contributed by atoms with E-state index in [-0.39, 0.29) is 5.82 Å². The molecule has 19 heavy (non-hydrogen) atoms. The van der Waals surface area contributed by atoms with Gasteiger partial charge in [0.25, 0.3) is 0 Å². The average molecular weight is 279 g/mol. The van der Waals surface area contributed by atoms with Gasteiger partial charge in [0.2, 0.25) is 0 Å². The summed E-state index contributed by atoms with van der Waals surface area (Å²) in [6, 6.07) is 12.1. The zero-order chi connectivity index (χ0) is 13.8. The van der Waals surface area contributed by atoms with Crippen LogP contribution < -0.4 is 10.6 Å². The van der Waals surface area contributed by atoms with E-state index < -0.39 is 0 Å². The Labute approximate surface area is 117 Å². The summed E-state index contributed by atoms with van der Waals surface area (Å²) >= 11 is 6.28. The molecule has 0 atom stereocenters. The van der Waals surface area contributed by atoms with Gasteiger partial charge in [-0.1, -0.05) is 29.8 Å². The Kier molecular flexibility index (Phi) is 4.40. The fourth-order valence-corrected chi connectivity index (χ4v) is 2.44. The van der Waals surface area contributed by atoms with Gasteiger partial charge in [-0.25, -0.2) is 4.39 Å². The lowest BCUT2D eigenvalue weighted by Gasteiger charge is -2.26. The highest BCUT2D eigenvalue weighted by Gasteiger charge is 2.15. The second kappa shape index (κ2) is 6.04. The molecule has 0 aromatic heterocycles. The van der Waals surface area contributed by atoms with Crippen molar-refractivity contribution in [2.75, 3.05) is 11.4 Å². The number of para-hydroxylation sites is 1. The molecule has 0 spiro atoms. The largest absolute Gasteiger partial charge is 0.340 e. The molecule has 0 saturated carbocycles. The highest BCUT2D eigenvalue weighted by molar-refractivity contribution is 6.33. The zero-order valence-electron chi connectivity index (χ0n) is 10.7. The number of benzene rings is 2. The SMILES string of the molecule is CCN(c1cccc(F)c1)c1c(Cl)cccc1CN. The first kappa shape index (κ1) is 13.8. The number of hydrogen-bond donors (Lipinski definition) is 1. The molecular weight excluding hydrogens is 263 g/mol. The third kappa shape index (κ3) is 2.88. The number of hydrogen-bond acceptors (Lipinski definition) is 2.